The highest BCUT2D eigenvalue weighted by molar-refractivity contribution is 5.85. The van der Waals surface area contributed by atoms with Crippen molar-refractivity contribution < 1.29 is 23.8 Å². The molecule has 0 bridgehead atoms. The summed E-state index contributed by atoms with van der Waals surface area (Å²) < 4.78 is 22.3. The van der Waals surface area contributed by atoms with Crippen LogP contribution in [0.3, 0.4) is 0 Å². The Kier molecular flexibility index (Phi) is 8.60. The van der Waals surface area contributed by atoms with Gasteiger partial charge in [-0.2, -0.15) is 0 Å². The van der Waals surface area contributed by atoms with Crippen molar-refractivity contribution in [3.63, 3.8) is 0 Å². The number of methoxy groups -OCH3 is 1. The van der Waals surface area contributed by atoms with E-state index in [0.29, 0.717) is 11.3 Å². The lowest BCUT2D eigenvalue weighted by molar-refractivity contribution is -0.138. The maximum atomic E-state index is 14.3. The third-order valence-corrected chi connectivity index (χ3v) is 8.55. The highest BCUT2D eigenvalue weighted by atomic mass is 19.1. The molecule has 7 nitrogen and oxygen atoms in total. The molecule has 2 atom stereocenters. The Balaban J connectivity index is 1.53. The zero-order valence-corrected chi connectivity index (χ0v) is 22.5. The predicted molar refractivity (Wildman–Crippen MR) is 147 cm³/mol. The Morgan fingerprint density at radius 1 is 1.05 bits per heavy atom. The minimum atomic E-state index is -0.762. The number of carboxylic acid groups (broad SMARTS) is 1. The van der Waals surface area contributed by atoms with Crippen molar-refractivity contribution in [2.24, 2.45) is 11.8 Å². The summed E-state index contributed by atoms with van der Waals surface area (Å²) in [7, 11) is 1.63. The van der Waals surface area contributed by atoms with E-state index < -0.39 is 18.1 Å². The topological polar surface area (TPSA) is 93.5 Å². The number of halogens is 1. The maximum Gasteiger partial charge on any atom is 0.303 e. The van der Waals surface area contributed by atoms with Gasteiger partial charge in [-0.05, 0) is 68.1 Å². The van der Waals surface area contributed by atoms with Gasteiger partial charge in [0.2, 0.25) is 5.91 Å². The van der Waals surface area contributed by atoms with E-state index in [4.69, 9.17) is 14.8 Å². The molecule has 2 saturated carbocycles. The monoisotopic (exact) mass is 535 g/mol. The summed E-state index contributed by atoms with van der Waals surface area (Å²) in [5.74, 6) is -0.295. The molecule has 5 rings (SSSR count). The molecule has 2 fully saturated rings. The van der Waals surface area contributed by atoms with E-state index in [1.54, 1.807) is 13.2 Å². The number of imidazole rings is 1. The first-order valence-corrected chi connectivity index (χ1v) is 14.2. The fourth-order valence-corrected chi connectivity index (χ4v) is 6.62. The second-order valence-electron chi connectivity index (χ2n) is 11.2. The van der Waals surface area contributed by atoms with Gasteiger partial charge in [-0.25, -0.2) is 9.37 Å². The number of ether oxygens (including phenoxy) is 1. The lowest BCUT2D eigenvalue weighted by Gasteiger charge is -2.35. The number of benzene rings is 2. The summed E-state index contributed by atoms with van der Waals surface area (Å²) >= 11 is 0. The van der Waals surface area contributed by atoms with Gasteiger partial charge >= 0.3 is 5.97 Å². The largest absolute Gasteiger partial charge is 0.481 e. The second-order valence-corrected chi connectivity index (χ2v) is 11.2. The van der Waals surface area contributed by atoms with Gasteiger partial charge in [0.25, 0.3) is 0 Å². The molecule has 2 aromatic carbocycles. The molecule has 208 valence electrons. The molecule has 39 heavy (non-hydrogen) atoms. The van der Waals surface area contributed by atoms with Crippen LogP contribution in [0.15, 0.2) is 48.5 Å². The Labute approximate surface area is 228 Å². The lowest BCUT2D eigenvalue weighted by atomic mass is 9.82. The van der Waals surface area contributed by atoms with Gasteiger partial charge in [-0.15, -0.1) is 0 Å². The van der Waals surface area contributed by atoms with Gasteiger partial charge < -0.3 is 19.7 Å². The average molecular weight is 536 g/mol. The fraction of sp³-hybridized carbons (Fsp3) is 0.516. The van der Waals surface area contributed by atoms with Crippen LogP contribution >= 0.6 is 0 Å². The number of fused-ring (bicyclic) bond motifs is 1. The molecule has 3 aromatic rings. The Morgan fingerprint density at radius 2 is 1.77 bits per heavy atom. The summed E-state index contributed by atoms with van der Waals surface area (Å²) in [5, 5.41) is 12.5. The number of hydrogen-bond acceptors (Lipinski definition) is 4. The molecule has 8 heteroatoms. The molecule has 0 aliphatic heterocycles. The number of amides is 1. The highest BCUT2D eigenvalue weighted by Gasteiger charge is 2.37. The van der Waals surface area contributed by atoms with E-state index in [1.165, 1.54) is 12.1 Å². The number of rotatable bonds is 9. The van der Waals surface area contributed by atoms with Crippen molar-refractivity contribution >= 4 is 22.9 Å². The van der Waals surface area contributed by atoms with E-state index in [0.717, 1.165) is 68.9 Å². The first kappa shape index (κ1) is 27.3. The van der Waals surface area contributed by atoms with Gasteiger partial charge in [-0.1, -0.05) is 49.6 Å². The molecule has 0 saturated heterocycles. The molecule has 2 N–H and O–H groups in total. The standard InChI is InChI=1S/C31H38FN3O4/c1-39-29(22-10-6-3-7-11-22)30-34-25-19-23(32)14-17-26(25)35(30)28(21-8-4-2-5-9-21)31(38)33-24-15-12-20(13-16-24)18-27(36)37/h3,6-7,10-11,14,17,19-21,24,28-29H,2,4-5,8-9,12-13,15-16,18H2,1H3,(H,33,38)(H,36,37)/t20?,24?,28?,29-/m1/s1. The number of carboxylic acids is 1. The van der Waals surface area contributed by atoms with Gasteiger partial charge in [0.15, 0.2) is 0 Å². The third-order valence-electron chi connectivity index (χ3n) is 8.55. The van der Waals surface area contributed by atoms with Crippen LogP contribution in [0.5, 0.6) is 0 Å². The molecular weight excluding hydrogens is 497 g/mol. The van der Waals surface area contributed by atoms with Crippen molar-refractivity contribution in [1.82, 2.24) is 14.9 Å². The Bertz CT molecular complexity index is 1280. The predicted octanol–water partition coefficient (Wildman–Crippen LogP) is 6.18. The maximum absolute atomic E-state index is 14.3. The molecule has 1 unspecified atom stereocenters. The van der Waals surface area contributed by atoms with Gasteiger partial charge in [0.1, 0.15) is 23.8 Å². The Hall–Kier alpha value is -3.26. The Morgan fingerprint density at radius 3 is 2.44 bits per heavy atom. The number of nitrogens with one attached hydrogen (secondary N) is 1. The first-order chi connectivity index (χ1) is 18.9. The summed E-state index contributed by atoms with van der Waals surface area (Å²) in [4.78, 5) is 30.2. The minimum absolute atomic E-state index is 0.0108. The zero-order valence-electron chi connectivity index (χ0n) is 22.5. The van der Waals surface area contributed by atoms with Crippen LogP contribution in [0.1, 0.15) is 87.7 Å². The normalized spacial score (nSPS) is 21.9. The lowest BCUT2D eigenvalue weighted by Crippen LogP contribution is -2.44. The summed E-state index contributed by atoms with van der Waals surface area (Å²) in [6, 6.07) is 13.9. The summed E-state index contributed by atoms with van der Waals surface area (Å²) in [6.45, 7) is 0. The number of carbonyl (C=O) groups is 2. The molecular formula is C31H38FN3O4. The number of hydrogen-bond donors (Lipinski definition) is 2. The van der Waals surface area contributed by atoms with Crippen LogP contribution < -0.4 is 5.32 Å². The molecule has 0 radical (unpaired) electrons. The number of carbonyl (C=O) groups excluding carboxylic acids is 1. The van der Waals surface area contributed by atoms with E-state index in [9.17, 15) is 14.0 Å². The van der Waals surface area contributed by atoms with Crippen molar-refractivity contribution in [1.29, 1.82) is 0 Å². The molecule has 1 heterocycles. The average Bonchev–Trinajstić information content (AvgIpc) is 3.29. The molecule has 0 spiro atoms. The van der Waals surface area contributed by atoms with Crippen molar-refractivity contribution in [2.45, 2.75) is 82.4 Å². The van der Waals surface area contributed by atoms with E-state index in [1.807, 2.05) is 34.9 Å². The highest BCUT2D eigenvalue weighted by Crippen LogP contribution is 2.39. The number of aromatic nitrogens is 2. The van der Waals surface area contributed by atoms with Crippen molar-refractivity contribution in [3.05, 3.63) is 65.7 Å². The van der Waals surface area contributed by atoms with Crippen LogP contribution in [0.4, 0.5) is 4.39 Å². The van der Waals surface area contributed by atoms with Crippen LogP contribution in [-0.2, 0) is 14.3 Å². The van der Waals surface area contributed by atoms with Crippen LogP contribution in [0.25, 0.3) is 11.0 Å². The minimum Gasteiger partial charge on any atom is -0.481 e. The molecule has 2 aliphatic carbocycles. The smallest absolute Gasteiger partial charge is 0.303 e. The number of aliphatic carboxylic acids is 1. The molecule has 1 amide bonds. The van der Waals surface area contributed by atoms with E-state index >= 15 is 0 Å². The quantitative estimate of drug-likeness (QED) is 0.341. The van der Waals surface area contributed by atoms with E-state index in [2.05, 4.69) is 5.32 Å². The van der Waals surface area contributed by atoms with Gasteiger partial charge in [0, 0.05) is 25.6 Å². The summed E-state index contributed by atoms with van der Waals surface area (Å²) in [6.07, 6.45) is 7.97. The fourth-order valence-electron chi connectivity index (χ4n) is 6.62. The van der Waals surface area contributed by atoms with Crippen molar-refractivity contribution in [2.75, 3.05) is 7.11 Å². The van der Waals surface area contributed by atoms with Crippen LogP contribution in [0.2, 0.25) is 0 Å². The summed E-state index contributed by atoms with van der Waals surface area (Å²) in [5.41, 5.74) is 2.14. The number of nitrogens with zero attached hydrogens (tertiary/aromatic N) is 2. The zero-order chi connectivity index (χ0) is 27.4. The second kappa shape index (κ2) is 12.3. The SMILES string of the molecule is CO[C@H](c1ccccc1)c1nc2cc(F)ccc2n1C(C(=O)NC1CCC(CC(=O)O)CC1)C1CCCCC1. The molecule has 1 aromatic heterocycles. The van der Waals surface area contributed by atoms with E-state index in [-0.39, 0.29) is 36.0 Å². The van der Waals surface area contributed by atoms with Gasteiger partial charge in [-0.3, -0.25) is 9.59 Å². The van der Waals surface area contributed by atoms with Gasteiger partial charge in [0.05, 0.1) is 11.0 Å². The first-order valence-electron chi connectivity index (χ1n) is 14.2. The van der Waals surface area contributed by atoms with Crippen LogP contribution in [-0.4, -0.2) is 39.7 Å². The van der Waals surface area contributed by atoms with Crippen LogP contribution in [0, 0.1) is 17.7 Å². The molecule has 2 aliphatic rings. The van der Waals surface area contributed by atoms with Crippen molar-refractivity contribution in [3.8, 4) is 0 Å². The third kappa shape index (κ3) is 6.16.